The zero-order valence-corrected chi connectivity index (χ0v) is 25.8. The predicted molar refractivity (Wildman–Crippen MR) is 185 cm³/mol. The number of hydrogen-bond donors (Lipinski definition) is 0. The fraction of sp³-hybridized carbons (Fsp3) is 0.171. The van der Waals surface area contributed by atoms with Crippen LogP contribution in [0.2, 0.25) is 0 Å². The lowest BCUT2D eigenvalue weighted by Gasteiger charge is -2.22. The molecule has 5 aromatic carbocycles. The van der Waals surface area contributed by atoms with E-state index >= 15 is 0 Å². The molecule has 0 saturated carbocycles. The molecule has 216 valence electrons. The topological polar surface area (TPSA) is 30.7 Å². The molecule has 44 heavy (non-hydrogen) atoms. The van der Waals surface area contributed by atoms with E-state index in [1.807, 2.05) is 6.07 Å². The molecule has 0 radical (unpaired) electrons. The molecule has 0 atom stereocenters. The molecule has 7 rings (SSSR count). The summed E-state index contributed by atoms with van der Waals surface area (Å²) in [7, 11) is 0. The van der Waals surface area contributed by atoms with E-state index in [2.05, 4.69) is 154 Å². The number of fused-ring (bicyclic) bond motifs is 2. The van der Waals surface area contributed by atoms with Crippen LogP contribution < -0.4 is 0 Å². The van der Waals surface area contributed by atoms with Crippen LogP contribution in [-0.4, -0.2) is 14.5 Å². The van der Waals surface area contributed by atoms with Crippen molar-refractivity contribution in [2.24, 2.45) is 0 Å². The predicted octanol–water partition coefficient (Wildman–Crippen LogP) is 10.7. The molecule has 0 unspecified atom stereocenters. The maximum atomic E-state index is 5.24. The van der Waals surface area contributed by atoms with E-state index in [1.54, 1.807) is 0 Å². The van der Waals surface area contributed by atoms with E-state index in [1.165, 1.54) is 27.9 Å². The molecule has 2 aromatic heterocycles. The highest BCUT2D eigenvalue weighted by atomic mass is 15.1. The van der Waals surface area contributed by atoms with Crippen LogP contribution in [0.4, 0.5) is 0 Å². The molecule has 0 fully saturated rings. The first-order valence-corrected chi connectivity index (χ1v) is 15.6. The van der Waals surface area contributed by atoms with Crippen molar-refractivity contribution in [3.05, 3.63) is 150 Å². The Morgan fingerprint density at radius 1 is 0.545 bits per heavy atom. The Hall–Kier alpha value is -5.02. The molecular formula is C41H37N3. The highest BCUT2D eigenvalue weighted by molar-refractivity contribution is 5.84. The number of benzene rings is 5. The van der Waals surface area contributed by atoms with Crippen LogP contribution in [0.3, 0.4) is 0 Å². The molecule has 3 heteroatoms. The zero-order chi connectivity index (χ0) is 30.2. The van der Waals surface area contributed by atoms with Gasteiger partial charge in [-0.25, -0.2) is 9.97 Å². The molecular weight excluding hydrogens is 534 g/mol. The number of hydrogen-bond acceptors (Lipinski definition) is 2. The summed E-state index contributed by atoms with van der Waals surface area (Å²) >= 11 is 0. The summed E-state index contributed by atoms with van der Waals surface area (Å²) in [5.41, 5.74) is 12.9. The van der Waals surface area contributed by atoms with Crippen LogP contribution in [0.15, 0.2) is 127 Å². The van der Waals surface area contributed by atoms with Gasteiger partial charge in [0.25, 0.3) is 0 Å². The molecule has 2 heterocycles. The van der Waals surface area contributed by atoms with Crippen molar-refractivity contribution in [2.75, 3.05) is 0 Å². The molecule has 0 saturated heterocycles. The van der Waals surface area contributed by atoms with Crippen molar-refractivity contribution in [3.63, 3.8) is 0 Å². The number of aromatic nitrogens is 3. The van der Waals surface area contributed by atoms with Gasteiger partial charge >= 0.3 is 0 Å². The maximum Gasteiger partial charge on any atom is 0.145 e. The second-order valence-corrected chi connectivity index (χ2v) is 12.3. The molecule has 0 bridgehead atoms. The minimum Gasteiger partial charge on any atom is -0.292 e. The van der Waals surface area contributed by atoms with Gasteiger partial charge in [-0.1, -0.05) is 119 Å². The quantitative estimate of drug-likeness (QED) is 0.190. The second kappa shape index (κ2) is 11.6. The van der Waals surface area contributed by atoms with Crippen LogP contribution in [0.1, 0.15) is 61.8 Å². The molecule has 0 N–H and O–H groups in total. The summed E-state index contributed by atoms with van der Waals surface area (Å²) in [5, 5.41) is 1.16. The van der Waals surface area contributed by atoms with Gasteiger partial charge in [0, 0.05) is 16.5 Å². The average Bonchev–Trinajstić information content (AvgIpc) is 3.44. The van der Waals surface area contributed by atoms with Crippen LogP contribution in [0.5, 0.6) is 0 Å². The van der Waals surface area contributed by atoms with Crippen molar-refractivity contribution >= 4 is 21.9 Å². The lowest BCUT2D eigenvalue weighted by Crippen LogP contribution is -2.08. The van der Waals surface area contributed by atoms with E-state index < -0.39 is 0 Å². The fourth-order valence-corrected chi connectivity index (χ4v) is 6.34. The second-order valence-electron chi connectivity index (χ2n) is 12.3. The van der Waals surface area contributed by atoms with Crippen molar-refractivity contribution in [3.8, 4) is 28.3 Å². The third-order valence-electron chi connectivity index (χ3n) is 8.54. The Morgan fingerprint density at radius 3 is 1.89 bits per heavy atom. The van der Waals surface area contributed by atoms with Gasteiger partial charge in [0.05, 0.1) is 27.9 Å². The Bertz CT molecular complexity index is 2090. The summed E-state index contributed by atoms with van der Waals surface area (Å²) in [6, 6.07) is 45.5. The van der Waals surface area contributed by atoms with Crippen LogP contribution in [0.25, 0.3) is 50.3 Å². The van der Waals surface area contributed by atoms with Gasteiger partial charge in [0.1, 0.15) is 5.82 Å². The first-order valence-electron chi connectivity index (χ1n) is 15.6. The van der Waals surface area contributed by atoms with E-state index in [0.29, 0.717) is 11.8 Å². The number of nitrogens with zero attached hydrogens (tertiary/aromatic N) is 3. The highest BCUT2D eigenvalue weighted by Gasteiger charge is 2.22. The molecule has 0 amide bonds. The van der Waals surface area contributed by atoms with Gasteiger partial charge in [-0.15, -0.1) is 0 Å². The van der Waals surface area contributed by atoms with Gasteiger partial charge in [0.2, 0.25) is 0 Å². The minimum atomic E-state index is 0.383. The standard InChI is InChI=1S/C41H37N3/c1-27(2)34-17-11-18-35(28(3)4)40(34)44-39-21-8-7-20-38(39)43-41(44)33-16-10-13-30(26-33)24-29-12-9-15-32(25-29)37-23-22-31-14-5-6-19-36(31)42-37/h5-23,25-28H,24H2,1-4H3. The molecule has 0 aliphatic heterocycles. The van der Waals surface area contributed by atoms with Crippen molar-refractivity contribution in [1.82, 2.24) is 14.5 Å². The summed E-state index contributed by atoms with van der Waals surface area (Å²) in [5.74, 6) is 1.75. The summed E-state index contributed by atoms with van der Waals surface area (Å²) < 4.78 is 2.41. The van der Waals surface area contributed by atoms with E-state index in [9.17, 15) is 0 Å². The molecule has 0 spiro atoms. The minimum absolute atomic E-state index is 0.383. The van der Waals surface area contributed by atoms with Gasteiger partial charge in [-0.3, -0.25) is 4.57 Å². The fourth-order valence-electron chi connectivity index (χ4n) is 6.34. The van der Waals surface area contributed by atoms with Crippen LogP contribution >= 0.6 is 0 Å². The van der Waals surface area contributed by atoms with Crippen molar-refractivity contribution in [2.45, 2.75) is 46.0 Å². The van der Waals surface area contributed by atoms with Gasteiger partial charge in [-0.05, 0) is 76.9 Å². The van der Waals surface area contributed by atoms with Crippen molar-refractivity contribution in [1.29, 1.82) is 0 Å². The average molecular weight is 572 g/mol. The molecule has 3 nitrogen and oxygen atoms in total. The summed E-state index contributed by atoms with van der Waals surface area (Å²) in [6.07, 6.45) is 0.829. The molecule has 0 aliphatic carbocycles. The normalized spacial score (nSPS) is 11.7. The molecule has 7 aromatic rings. The van der Waals surface area contributed by atoms with E-state index in [4.69, 9.17) is 9.97 Å². The Morgan fingerprint density at radius 2 is 1.16 bits per heavy atom. The number of para-hydroxylation sites is 4. The first-order chi connectivity index (χ1) is 21.5. The number of rotatable bonds is 7. The van der Waals surface area contributed by atoms with Crippen LogP contribution in [0, 0.1) is 0 Å². The highest BCUT2D eigenvalue weighted by Crippen LogP contribution is 2.37. The van der Waals surface area contributed by atoms with Gasteiger partial charge in [-0.2, -0.15) is 0 Å². The largest absolute Gasteiger partial charge is 0.292 e. The van der Waals surface area contributed by atoms with E-state index in [0.717, 1.165) is 51.0 Å². The molecule has 0 aliphatic rings. The number of imidazole rings is 1. The smallest absolute Gasteiger partial charge is 0.145 e. The van der Waals surface area contributed by atoms with Gasteiger partial charge < -0.3 is 0 Å². The van der Waals surface area contributed by atoms with Crippen molar-refractivity contribution < 1.29 is 0 Å². The number of pyridine rings is 1. The summed E-state index contributed by atoms with van der Waals surface area (Å²) in [6.45, 7) is 9.13. The lowest BCUT2D eigenvalue weighted by atomic mass is 9.92. The van der Waals surface area contributed by atoms with Crippen LogP contribution in [-0.2, 0) is 6.42 Å². The zero-order valence-electron chi connectivity index (χ0n) is 25.8. The third kappa shape index (κ3) is 5.20. The monoisotopic (exact) mass is 571 g/mol. The third-order valence-corrected chi connectivity index (χ3v) is 8.54. The van der Waals surface area contributed by atoms with Gasteiger partial charge in [0.15, 0.2) is 0 Å². The Labute approximate surface area is 259 Å². The maximum absolute atomic E-state index is 5.24. The first kappa shape index (κ1) is 27.8. The van der Waals surface area contributed by atoms with E-state index in [-0.39, 0.29) is 0 Å². The summed E-state index contributed by atoms with van der Waals surface area (Å²) in [4.78, 5) is 10.2. The Balaban J connectivity index is 1.30. The lowest BCUT2D eigenvalue weighted by molar-refractivity contribution is 0.811. The Kier molecular flexibility index (Phi) is 7.31. The SMILES string of the molecule is CC(C)c1cccc(C(C)C)c1-n1c(-c2cccc(Cc3cccc(-c4ccc5ccccc5n4)c3)c2)nc2ccccc21.